The quantitative estimate of drug-likeness (QED) is 0.710. The van der Waals surface area contributed by atoms with Crippen LogP contribution in [-0.4, -0.2) is 23.7 Å². The molecule has 112 valence electrons. The summed E-state index contributed by atoms with van der Waals surface area (Å²) in [6, 6.07) is 5.89. The smallest absolute Gasteiger partial charge is 0.331 e. The number of amides is 2. The van der Waals surface area contributed by atoms with Crippen molar-refractivity contribution >= 4 is 50.6 Å². The fourth-order valence-electron chi connectivity index (χ4n) is 1.68. The summed E-state index contributed by atoms with van der Waals surface area (Å²) in [6.07, 6.45) is 0.709. The highest BCUT2D eigenvalue weighted by Crippen LogP contribution is 2.22. The molecule has 21 heavy (non-hydrogen) atoms. The molecule has 5 nitrogen and oxygen atoms in total. The Labute approximate surface area is 138 Å². The van der Waals surface area contributed by atoms with Crippen molar-refractivity contribution in [1.29, 1.82) is 0 Å². The molecule has 2 amide bonds. The van der Waals surface area contributed by atoms with E-state index in [-0.39, 0.29) is 0 Å². The zero-order chi connectivity index (χ0) is 15.2. The summed E-state index contributed by atoms with van der Waals surface area (Å²) in [7, 11) is 0. The van der Waals surface area contributed by atoms with Crippen LogP contribution in [0.5, 0.6) is 0 Å². The normalized spacial score (nSPS) is 11.9. The highest BCUT2D eigenvalue weighted by molar-refractivity contribution is 9.11. The molecule has 2 aromatic heterocycles. The molecule has 0 aliphatic rings. The van der Waals surface area contributed by atoms with Gasteiger partial charge in [0.2, 0.25) is 0 Å². The second-order valence-electron chi connectivity index (χ2n) is 4.14. The van der Waals surface area contributed by atoms with Crippen LogP contribution < -0.4 is 10.6 Å². The van der Waals surface area contributed by atoms with Gasteiger partial charge in [-0.25, -0.2) is 9.59 Å². The van der Waals surface area contributed by atoms with Crippen LogP contribution in [0.1, 0.15) is 15.8 Å². The minimum atomic E-state index is -1.07. The third-order valence-corrected chi connectivity index (χ3v) is 5.26. The van der Waals surface area contributed by atoms with Gasteiger partial charge in [0.1, 0.15) is 0 Å². The molecule has 0 saturated carbocycles. The average molecular weight is 389 g/mol. The van der Waals surface area contributed by atoms with E-state index in [9.17, 15) is 9.59 Å². The van der Waals surface area contributed by atoms with E-state index >= 15 is 0 Å². The maximum absolute atomic E-state index is 11.8. The zero-order valence-electron chi connectivity index (χ0n) is 10.8. The standard InChI is InChI=1S/C13H13BrN2O3S2/c14-10-4-3-8(21-10)5-6-15-13(19)16-11(12(17)18)9-2-1-7-20-9/h1-4,7,11H,5-6H2,(H,17,18)(H2,15,16,19). The minimum Gasteiger partial charge on any atom is -0.479 e. The number of halogens is 1. The van der Waals surface area contributed by atoms with Gasteiger partial charge in [-0.2, -0.15) is 0 Å². The lowest BCUT2D eigenvalue weighted by Gasteiger charge is -2.13. The molecule has 8 heteroatoms. The van der Waals surface area contributed by atoms with Crippen LogP contribution in [0.4, 0.5) is 4.79 Å². The first-order chi connectivity index (χ1) is 10.1. The zero-order valence-corrected chi connectivity index (χ0v) is 14.1. The number of hydrogen-bond donors (Lipinski definition) is 3. The van der Waals surface area contributed by atoms with E-state index in [1.807, 2.05) is 12.1 Å². The fourth-order valence-corrected chi connectivity index (χ4v) is 3.93. The van der Waals surface area contributed by atoms with Gasteiger partial charge in [0.15, 0.2) is 6.04 Å². The first-order valence-electron chi connectivity index (χ1n) is 6.11. The Bertz CT molecular complexity index is 613. The summed E-state index contributed by atoms with van der Waals surface area (Å²) in [5.41, 5.74) is 0. The molecular formula is C13H13BrN2O3S2. The van der Waals surface area contributed by atoms with Gasteiger partial charge in [-0.05, 0) is 45.9 Å². The van der Waals surface area contributed by atoms with Gasteiger partial charge in [0, 0.05) is 16.3 Å². The molecule has 0 aliphatic carbocycles. The average Bonchev–Trinajstić information content (AvgIpc) is 3.07. The number of nitrogens with one attached hydrogen (secondary N) is 2. The van der Waals surface area contributed by atoms with Crippen LogP contribution in [0, 0.1) is 0 Å². The molecule has 0 aliphatic heterocycles. The molecule has 0 bridgehead atoms. The summed E-state index contributed by atoms with van der Waals surface area (Å²) >= 11 is 6.29. The third kappa shape index (κ3) is 4.83. The van der Waals surface area contributed by atoms with Gasteiger partial charge in [-0.1, -0.05) is 6.07 Å². The molecule has 2 aromatic rings. The van der Waals surface area contributed by atoms with Crippen LogP contribution in [0.3, 0.4) is 0 Å². The van der Waals surface area contributed by atoms with Crippen molar-refractivity contribution in [3.63, 3.8) is 0 Å². The summed E-state index contributed by atoms with van der Waals surface area (Å²) in [5, 5.41) is 16.1. The Morgan fingerprint density at radius 2 is 2.14 bits per heavy atom. The Morgan fingerprint density at radius 1 is 1.33 bits per heavy atom. The van der Waals surface area contributed by atoms with Gasteiger partial charge in [-0.15, -0.1) is 22.7 Å². The molecule has 0 aromatic carbocycles. The highest BCUT2D eigenvalue weighted by Gasteiger charge is 2.22. The van der Waals surface area contributed by atoms with Crippen LogP contribution in [0.15, 0.2) is 33.4 Å². The molecule has 2 rings (SSSR count). The topological polar surface area (TPSA) is 78.4 Å². The van der Waals surface area contributed by atoms with Gasteiger partial charge < -0.3 is 15.7 Å². The van der Waals surface area contributed by atoms with Crippen LogP contribution >= 0.6 is 38.6 Å². The molecule has 0 fully saturated rings. The van der Waals surface area contributed by atoms with E-state index in [2.05, 4.69) is 26.6 Å². The maximum atomic E-state index is 11.8. The van der Waals surface area contributed by atoms with Crippen molar-refractivity contribution in [3.05, 3.63) is 43.2 Å². The number of thiophene rings is 2. The van der Waals surface area contributed by atoms with Gasteiger partial charge >= 0.3 is 12.0 Å². The first kappa shape index (κ1) is 16.0. The predicted octanol–water partition coefficient (Wildman–Crippen LogP) is 3.24. The Morgan fingerprint density at radius 3 is 2.71 bits per heavy atom. The Hall–Kier alpha value is -1.38. The second kappa shape index (κ2) is 7.58. The summed E-state index contributed by atoms with van der Waals surface area (Å²) in [4.78, 5) is 24.7. The summed E-state index contributed by atoms with van der Waals surface area (Å²) in [5.74, 6) is -1.07. The molecule has 0 radical (unpaired) electrons. The second-order valence-corrected chi connectivity index (χ2v) is 7.67. The van der Waals surface area contributed by atoms with Crippen LogP contribution in [0.25, 0.3) is 0 Å². The number of carbonyl (C=O) groups is 2. The summed E-state index contributed by atoms with van der Waals surface area (Å²) in [6.45, 7) is 0.454. The lowest BCUT2D eigenvalue weighted by atomic mass is 10.2. The van der Waals surface area contributed by atoms with Crippen molar-refractivity contribution in [2.75, 3.05) is 6.54 Å². The number of carbonyl (C=O) groups excluding carboxylic acids is 1. The maximum Gasteiger partial charge on any atom is 0.331 e. The number of carboxylic acid groups (broad SMARTS) is 1. The fraction of sp³-hybridized carbons (Fsp3) is 0.231. The van der Waals surface area contributed by atoms with E-state index in [0.717, 1.165) is 8.66 Å². The van der Waals surface area contributed by atoms with E-state index in [1.54, 1.807) is 28.8 Å². The van der Waals surface area contributed by atoms with Gasteiger partial charge in [0.25, 0.3) is 0 Å². The SMILES string of the molecule is O=C(NCCc1ccc(Br)s1)NC(C(=O)O)c1cccs1. The molecule has 3 N–H and O–H groups in total. The van der Waals surface area contributed by atoms with Crippen molar-refractivity contribution in [2.24, 2.45) is 0 Å². The van der Waals surface area contributed by atoms with E-state index in [1.165, 1.54) is 11.3 Å². The van der Waals surface area contributed by atoms with Gasteiger partial charge in [0.05, 0.1) is 3.79 Å². The van der Waals surface area contributed by atoms with Crippen molar-refractivity contribution in [3.8, 4) is 0 Å². The molecule has 1 atom stereocenters. The van der Waals surface area contributed by atoms with Crippen LogP contribution in [0.2, 0.25) is 0 Å². The molecular weight excluding hydrogens is 376 g/mol. The molecule has 0 spiro atoms. The predicted molar refractivity (Wildman–Crippen MR) is 87.0 cm³/mol. The Kier molecular flexibility index (Phi) is 5.77. The molecule has 2 heterocycles. The Balaban J connectivity index is 1.81. The first-order valence-corrected chi connectivity index (χ1v) is 8.60. The minimum absolute atomic E-state index is 0.454. The molecule has 1 unspecified atom stereocenters. The van der Waals surface area contributed by atoms with E-state index in [4.69, 9.17) is 5.11 Å². The lowest BCUT2D eigenvalue weighted by molar-refractivity contribution is -0.139. The number of carboxylic acids is 1. The van der Waals surface area contributed by atoms with Crippen LogP contribution in [-0.2, 0) is 11.2 Å². The summed E-state index contributed by atoms with van der Waals surface area (Å²) < 4.78 is 1.05. The highest BCUT2D eigenvalue weighted by atomic mass is 79.9. The van der Waals surface area contributed by atoms with Gasteiger partial charge in [-0.3, -0.25) is 0 Å². The number of aliphatic carboxylic acids is 1. The van der Waals surface area contributed by atoms with E-state index in [0.29, 0.717) is 17.8 Å². The number of hydrogen-bond acceptors (Lipinski definition) is 4. The van der Waals surface area contributed by atoms with Crippen molar-refractivity contribution in [2.45, 2.75) is 12.5 Å². The molecule has 0 saturated heterocycles. The van der Waals surface area contributed by atoms with Crippen molar-refractivity contribution < 1.29 is 14.7 Å². The van der Waals surface area contributed by atoms with E-state index < -0.39 is 18.0 Å². The monoisotopic (exact) mass is 388 g/mol. The van der Waals surface area contributed by atoms with Crippen molar-refractivity contribution in [1.82, 2.24) is 10.6 Å². The lowest BCUT2D eigenvalue weighted by Crippen LogP contribution is -2.41. The third-order valence-electron chi connectivity index (χ3n) is 2.64. The number of urea groups is 1. The number of rotatable bonds is 6. The largest absolute Gasteiger partial charge is 0.479 e.